The van der Waals surface area contributed by atoms with Gasteiger partial charge in [0, 0.05) is 32.2 Å². The maximum atomic E-state index is 12.8. The lowest BCUT2D eigenvalue weighted by molar-refractivity contribution is -0.170. The summed E-state index contributed by atoms with van der Waals surface area (Å²) in [6.07, 6.45) is 1.76. The van der Waals surface area contributed by atoms with Crippen LogP contribution in [0.3, 0.4) is 0 Å². The van der Waals surface area contributed by atoms with Gasteiger partial charge in [0.2, 0.25) is 0 Å². The molecule has 4 rings (SSSR count). The Kier molecular flexibility index (Phi) is 3.68. The molecular weight excluding hydrogens is 308 g/mol. The summed E-state index contributed by atoms with van der Waals surface area (Å²) >= 11 is 1.65. The largest absolute Gasteiger partial charge is 0.343 e. The van der Waals surface area contributed by atoms with Gasteiger partial charge >= 0.3 is 0 Å². The minimum absolute atomic E-state index is 0.0841. The van der Waals surface area contributed by atoms with Gasteiger partial charge in [-0.1, -0.05) is 31.5 Å². The van der Waals surface area contributed by atoms with Crippen LogP contribution in [0.15, 0.2) is 47.3 Å². The molecular formula is C19H18O3S. The molecule has 2 aromatic carbocycles. The fourth-order valence-corrected chi connectivity index (χ4v) is 4.33. The van der Waals surface area contributed by atoms with Crippen LogP contribution in [-0.2, 0) is 15.3 Å². The van der Waals surface area contributed by atoms with Crippen molar-refractivity contribution in [1.29, 1.82) is 0 Å². The van der Waals surface area contributed by atoms with Gasteiger partial charge in [-0.15, -0.1) is 11.3 Å². The molecule has 0 atom stereocenters. The zero-order valence-corrected chi connectivity index (χ0v) is 13.8. The summed E-state index contributed by atoms with van der Waals surface area (Å²) < 4.78 is 13.9. The van der Waals surface area contributed by atoms with Crippen molar-refractivity contribution in [3.8, 4) is 0 Å². The number of fused-ring (bicyclic) bond motifs is 2. The highest BCUT2D eigenvalue weighted by molar-refractivity contribution is 7.24. The van der Waals surface area contributed by atoms with Crippen molar-refractivity contribution in [2.75, 3.05) is 13.2 Å². The first-order valence-electron chi connectivity index (χ1n) is 7.97. The quantitative estimate of drug-likeness (QED) is 0.669. The van der Waals surface area contributed by atoms with Crippen LogP contribution in [0.25, 0.3) is 20.2 Å². The molecule has 1 saturated heterocycles. The average molecular weight is 326 g/mol. The first-order valence-corrected chi connectivity index (χ1v) is 8.79. The summed E-state index contributed by atoms with van der Waals surface area (Å²) in [6.45, 7) is 3.31. The molecule has 0 radical (unpaired) electrons. The molecule has 0 N–H and O–H groups in total. The smallest absolute Gasteiger partial charge is 0.195 e. The molecule has 4 heteroatoms. The van der Waals surface area contributed by atoms with Crippen LogP contribution in [0.4, 0.5) is 0 Å². The van der Waals surface area contributed by atoms with Crippen molar-refractivity contribution in [1.82, 2.24) is 0 Å². The Morgan fingerprint density at radius 1 is 1.04 bits per heavy atom. The van der Waals surface area contributed by atoms with Crippen LogP contribution in [0.5, 0.6) is 0 Å². The third-order valence-electron chi connectivity index (χ3n) is 4.35. The van der Waals surface area contributed by atoms with Crippen LogP contribution in [0.1, 0.15) is 25.3 Å². The van der Waals surface area contributed by atoms with E-state index < -0.39 is 5.79 Å². The van der Waals surface area contributed by atoms with Crippen molar-refractivity contribution in [2.24, 2.45) is 0 Å². The second-order valence-corrected chi connectivity index (χ2v) is 6.92. The van der Waals surface area contributed by atoms with Gasteiger partial charge in [0.25, 0.3) is 0 Å². The number of ether oxygens (including phenoxy) is 2. The van der Waals surface area contributed by atoms with E-state index in [0.29, 0.717) is 13.2 Å². The first-order chi connectivity index (χ1) is 11.2. The summed E-state index contributed by atoms with van der Waals surface area (Å²) in [5, 5.41) is 1.53. The number of rotatable bonds is 3. The Morgan fingerprint density at radius 2 is 1.78 bits per heavy atom. The van der Waals surface area contributed by atoms with Crippen molar-refractivity contribution in [2.45, 2.75) is 25.6 Å². The van der Waals surface area contributed by atoms with E-state index in [1.807, 2.05) is 42.5 Å². The predicted octanol–water partition coefficient (Wildman–Crippen LogP) is 4.41. The zero-order chi connectivity index (χ0) is 15.9. The molecule has 0 amide bonds. The van der Waals surface area contributed by atoms with Gasteiger partial charge < -0.3 is 9.47 Å². The zero-order valence-electron chi connectivity index (χ0n) is 13.0. The molecule has 1 aliphatic rings. The van der Waals surface area contributed by atoms with E-state index in [1.165, 1.54) is 0 Å². The molecule has 1 aliphatic heterocycles. The van der Waals surface area contributed by atoms with E-state index in [9.17, 15) is 4.79 Å². The molecule has 2 heterocycles. The molecule has 1 fully saturated rings. The monoisotopic (exact) mass is 326 g/mol. The van der Waals surface area contributed by atoms with Gasteiger partial charge in [-0.05, 0) is 24.3 Å². The summed E-state index contributed by atoms with van der Waals surface area (Å²) in [6, 6.07) is 13.8. The van der Waals surface area contributed by atoms with Crippen LogP contribution in [0, 0.1) is 0 Å². The fraction of sp³-hybridized carbons (Fsp3) is 0.316. The standard InChI is InChI=1S/C19H18O3S/c1-2-9-19(21-10-11-22-19)13-7-8-17-15(12-13)18(20)14-5-3-4-6-16(14)23-17/h3-8,12H,2,9-11H2,1H3. The SMILES string of the molecule is CCCC1(c2ccc3sc4ccccc4c(=O)c3c2)OCCO1. The lowest BCUT2D eigenvalue weighted by Gasteiger charge is -2.27. The van der Waals surface area contributed by atoms with Crippen LogP contribution < -0.4 is 5.43 Å². The maximum absolute atomic E-state index is 12.8. The molecule has 0 saturated carbocycles. The summed E-state index contributed by atoms with van der Waals surface area (Å²) in [5.74, 6) is -0.689. The normalized spacial score (nSPS) is 17.1. The second-order valence-electron chi connectivity index (χ2n) is 5.84. The van der Waals surface area contributed by atoms with Crippen molar-refractivity contribution < 1.29 is 9.47 Å². The Hall–Kier alpha value is -1.75. The van der Waals surface area contributed by atoms with Crippen LogP contribution >= 0.6 is 11.3 Å². The van der Waals surface area contributed by atoms with E-state index in [-0.39, 0.29) is 5.43 Å². The van der Waals surface area contributed by atoms with Gasteiger partial charge in [-0.2, -0.15) is 0 Å². The molecule has 118 valence electrons. The molecule has 0 unspecified atom stereocenters. The van der Waals surface area contributed by atoms with Gasteiger partial charge in [0.15, 0.2) is 11.2 Å². The molecule has 1 aromatic heterocycles. The third kappa shape index (κ3) is 2.38. The summed E-state index contributed by atoms with van der Waals surface area (Å²) in [7, 11) is 0. The van der Waals surface area contributed by atoms with Crippen molar-refractivity contribution in [3.63, 3.8) is 0 Å². The van der Waals surface area contributed by atoms with Crippen molar-refractivity contribution >= 4 is 31.5 Å². The third-order valence-corrected chi connectivity index (χ3v) is 5.50. The van der Waals surface area contributed by atoms with E-state index in [4.69, 9.17) is 9.47 Å². The van der Waals surface area contributed by atoms with Gasteiger partial charge in [-0.25, -0.2) is 0 Å². The first kappa shape index (κ1) is 14.8. The van der Waals surface area contributed by atoms with Crippen LogP contribution in [-0.4, -0.2) is 13.2 Å². The van der Waals surface area contributed by atoms with Crippen molar-refractivity contribution in [3.05, 3.63) is 58.3 Å². The summed E-state index contributed by atoms with van der Waals surface area (Å²) in [5.41, 5.74) is 1.03. The molecule has 0 spiro atoms. The van der Waals surface area contributed by atoms with E-state index >= 15 is 0 Å². The molecule has 0 aliphatic carbocycles. The minimum atomic E-state index is -0.689. The fourth-order valence-electron chi connectivity index (χ4n) is 3.28. The number of benzene rings is 2. The Bertz CT molecular complexity index is 923. The molecule has 0 bridgehead atoms. The molecule has 23 heavy (non-hydrogen) atoms. The Labute approximate surface area is 138 Å². The number of hydrogen-bond acceptors (Lipinski definition) is 4. The van der Waals surface area contributed by atoms with Gasteiger partial charge in [-0.3, -0.25) is 4.79 Å². The number of hydrogen-bond donors (Lipinski definition) is 0. The second kappa shape index (κ2) is 5.71. The Balaban J connectivity index is 1.95. The van der Waals surface area contributed by atoms with Gasteiger partial charge in [0.1, 0.15) is 0 Å². The highest BCUT2D eigenvalue weighted by Crippen LogP contribution is 2.37. The lowest BCUT2D eigenvalue weighted by atomic mass is 9.99. The summed E-state index contributed by atoms with van der Waals surface area (Å²) in [4.78, 5) is 12.8. The van der Waals surface area contributed by atoms with E-state index in [2.05, 4.69) is 6.92 Å². The highest BCUT2D eigenvalue weighted by atomic mass is 32.1. The van der Waals surface area contributed by atoms with Crippen LogP contribution in [0.2, 0.25) is 0 Å². The molecule has 3 nitrogen and oxygen atoms in total. The highest BCUT2D eigenvalue weighted by Gasteiger charge is 2.37. The topological polar surface area (TPSA) is 35.5 Å². The minimum Gasteiger partial charge on any atom is -0.343 e. The van der Waals surface area contributed by atoms with E-state index in [1.54, 1.807) is 11.3 Å². The predicted molar refractivity (Wildman–Crippen MR) is 94.1 cm³/mol. The lowest BCUT2D eigenvalue weighted by Crippen LogP contribution is -2.27. The Morgan fingerprint density at radius 3 is 2.57 bits per heavy atom. The van der Waals surface area contributed by atoms with Gasteiger partial charge in [0.05, 0.1) is 13.2 Å². The molecule has 3 aromatic rings. The maximum Gasteiger partial charge on any atom is 0.195 e. The average Bonchev–Trinajstić information content (AvgIpc) is 3.05. The van der Waals surface area contributed by atoms with E-state index in [0.717, 1.165) is 38.6 Å².